The minimum Gasteiger partial charge on any atom is -0.506 e. The van der Waals surface area contributed by atoms with Crippen LogP contribution in [0.4, 0.5) is 0 Å². The first kappa shape index (κ1) is 11.2. The number of pyridine rings is 2. The summed E-state index contributed by atoms with van der Waals surface area (Å²) in [5, 5.41) is 9.24. The summed E-state index contributed by atoms with van der Waals surface area (Å²) in [5.41, 5.74) is 2.59. The van der Waals surface area contributed by atoms with Gasteiger partial charge in [-0.2, -0.15) is 0 Å². The number of aromatic nitrogens is 2. The van der Waals surface area contributed by atoms with Crippen molar-refractivity contribution >= 4 is 0 Å². The van der Waals surface area contributed by atoms with E-state index in [0.717, 1.165) is 17.7 Å². The molecule has 3 nitrogen and oxygen atoms in total. The van der Waals surface area contributed by atoms with Crippen molar-refractivity contribution in [3.8, 4) is 17.6 Å². The monoisotopic (exact) mass is 224 g/mol. The zero-order valence-corrected chi connectivity index (χ0v) is 9.51. The summed E-state index contributed by atoms with van der Waals surface area (Å²) in [6, 6.07) is 5.48. The van der Waals surface area contributed by atoms with Crippen LogP contribution >= 0.6 is 0 Å². The molecule has 0 bridgehead atoms. The van der Waals surface area contributed by atoms with E-state index in [0.29, 0.717) is 5.56 Å². The van der Waals surface area contributed by atoms with E-state index in [4.69, 9.17) is 0 Å². The Morgan fingerprint density at radius 2 is 1.94 bits per heavy atom. The van der Waals surface area contributed by atoms with Gasteiger partial charge in [0, 0.05) is 29.2 Å². The molecule has 0 unspecified atom stereocenters. The van der Waals surface area contributed by atoms with Crippen LogP contribution in [0.1, 0.15) is 23.7 Å². The molecule has 0 amide bonds. The molecule has 84 valence electrons. The van der Waals surface area contributed by atoms with Crippen molar-refractivity contribution in [1.82, 2.24) is 9.97 Å². The molecule has 2 rings (SSSR count). The zero-order valence-electron chi connectivity index (χ0n) is 9.51. The molecule has 0 aromatic carbocycles. The fraction of sp³-hybridized carbons (Fsp3) is 0.143. The standard InChI is InChI=1S/C14H12N2O/c1-2-13-6-5-11(9-16-13)3-4-12-7-14(17)10-15-8-12/h5-10,17H,2H2,1H3. The highest BCUT2D eigenvalue weighted by molar-refractivity contribution is 5.42. The van der Waals surface area contributed by atoms with E-state index in [1.54, 1.807) is 18.5 Å². The molecular formula is C14H12N2O. The fourth-order valence-electron chi connectivity index (χ4n) is 1.35. The Balaban J connectivity index is 2.20. The lowest BCUT2D eigenvalue weighted by Crippen LogP contribution is -1.86. The Bertz CT molecular complexity index is 565. The Kier molecular flexibility index (Phi) is 3.37. The second kappa shape index (κ2) is 5.13. The number of hydrogen-bond acceptors (Lipinski definition) is 3. The Morgan fingerprint density at radius 1 is 1.12 bits per heavy atom. The van der Waals surface area contributed by atoms with Crippen molar-refractivity contribution < 1.29 is 5.11 Å². The SMILES string of the molecule is CCc1ccc(C#Cc2cncc(O)c2)cn1. The molecule has 0 spiro atoms. The third-order valence-corrected chi connectivity index (χ3v) is 2.26. The normalized spacial score (nSPS) is 9.47. The molecular weight excluding hydrogens is 212 g/mol. The Hall–Kier alpha value is -2.34. The van der Waals surface area contributed by atoms with Crippen LogP contribution in [0.5, 0.6) is 5.75 Å². The highest BCUT2D eigenvalue weighted by Crippen LogP contribution is 2.07. The van der Waals surface area contributed by atoms with Crippen LogP contribution < -0.4 is 0 Å². The minimum absolute atomic E-state index is 0.122. The lowest BCUT2D eigenvalue weighted by atomic mass is 10.2. The van der Waals surface area contributed by atoms with E-state index in [1.165, 1.54) is 6.20 Å². The lowest BCUT2D eigenvalue weighted by molar-refractivity contribution is 0.472. The minimum atomic E-state index is 0.122. The van der Waals surface area contributed by atoms with Crippen molar-refractivity contribution in [3.63, 3.8) is 0 Å². The number of rotatable bonds is 1. The van der Waals surface area contributed by atoms with E-state index in [-0.39, 0.29) is 5.75 Å². The first-order chi connectivity index (χ1) is 8.28. The molecule has 3 heteroatoms. The molecule has 17 heavy (non-hydrogen) atoms. The van der Waals surface area contributed by atoms with Crippen LogP contribution in [0.25, 0.3) is 0 Å². The topological polar surface area (TPSA) is 46.0 Å². The van der Waals surface area contributed by atoms with Crippen LogP contribution in [-0.4, -0.2) is 15.1 Å². The van der Waals surface area contributed by atoms with Crippen LogP contribution in [0.15, 0.2) is 36.8 Å². The third-order valence-electron chi connectivity index (χ3n) is 2.26. The van der Waals surface area contributed by atoms with E-state index < -0.39 is 0 Å². The van der Waals surface area contributed by atoms with Gasteiger partial charge in [0.15, 0.2) is 0 Å². The molecule has 1 N–H and O–H groups in total. The molecule has 0 aliphatic heterocycles. The van der Waals surface area contributed by atoms with Crippen molar-refractivity contribution in [3.05, 3.63) is 53.6 Å². The summed E-state index contributed by atoms with van der Waals surface area (Å²) in [6.07, 6.45) is 5.66. The van der Waals surface area contributed by atoms with Gasteiger partial charge >= 0.3 is 0 Å². The average Bonchev–Trinajstić information content (AvgIpc) is 2.37. The predicted octanol–water partition coefficient (Wildman–Crippen LogP) is 2.14. The maximum Gasteiger partial charge on any atom is 0.135 e. The van der Waals surface area contributed by atoms with Gasteiger partial charge < -0.3 is 5.11 Å². The number of aromatic hydroxyl groups is 1. The van der Waals surface area contributed by atoms with Gasteiger partial charge in [-0.1, -0.05) is 18.8 Å². The summed E-state index contributed by atoms with van der Waals surface area (Å²) >= 11 is 0. The summed E-state index contributed by atoms with van der Waals surface area (Å²) in [4.78, 5) is 8.12. The van der Waals surface area contributed by atoms with Crippen LogP contribution in [-0.2, 0) is 6.42 Å². The van der Waals surface area contributed by atoms with E-state index in [9.17, 15) is 5.11 Å². The highest BCUT2D eigenvalue weighted by atomic mass is 16.3. The predicted molar refractivity (Wildman–Crippen MR) is 65.5 cm³/mol. The van der Waals surface area contributed by atoms with Gasteiger partial charge in [-0.25, -0.2) is 0 Å². The third kappa shape index (κ3) is 3.05. The van der Waals surface area contributed by atoms with Gasteiger partial charge in [0.1, 0.15) is 5.75 Å². The van der Waals surface area contributed by atoms with Crippen molar-refractivity contribution in [1.29, 1.82) is 0 Å². The summed E-state index contributed by atoms with van der Waals surface area (Å²) in [5.74, 6) is 6.02. The maximum absolute atomic E-state index is 9.24. The molecule has 0 radical (unpaired) electrons. The smallest absolute Gasteiger partial charge is 0.135 e. The molecule has 0 saturated heterocycles. The Morgan fingerprint density at radius 3 is 2.59 bits per heavy atom. The van der Waals surface area contributed by atoms with E-state index in [2.05, 4.69) is 28.7 Å². The summed E-state index contributed by atoms with van der Waals surface area (Å²) in [7, 11) is 0. The first-order valence-electron chi connectivity index (χ1n) is 5.39. The second-order valence-corrected chi connectivity index (χ2v) is 3.57. The zero-order chi connectivity index (χ0) is 12.1. The molecule has 0 atom stereocenters. The fourth-order valence-corrected chi connectivity index (χ4v) is 1.35. The van der Waals surface area contributed by atoms with E-state index in [1.807, 2.05) is 12.1 Å². The Labute approximate surface area is 100 Å². The quantitative estimate of drug-likeness (QED) is 0.755. The van der Waals surface area contributed by atoms with Crippen LogP contribution in [0, 0.1) is 11.8 Å². The van der Waals surface area contributed by atoms with Crippen LogP contribution in [0.2, 0.25) is 0 Å². The molecule has 2 aromatic rings. The summed E-state index contributed by atoms with van der Waals surface area (Å²) in [6.45, 7) is 2.06. The molecule has 2 aromatic heterocycles. The number of hydrogen-bond donors (Lipinski definition) is 1. The lowest BCUT2D eigenvalue weighted by Gasteiger charge is -1.94. The van der Waals surface area contributed by atoms with Crippen molar-refractivity contribution in [2.24, 2.45) is 0 Å². The second-order valence-electron chi connectivity index (χ2n) is 3.57. The molecule has 0 saturated carbocycles. The maximum atomic E-state index is 9.24. The van der Waals surface area contributed by atoms with Crippen molar-refractivity contribution in [2.45, 2.75) is 13.3 Å². The van der Waals surface area contributed by atoms with Gasteiger partial charge in [0.2, 0.25) is 0 Å². The van der Waals surface area contributed by atoms with Gasteiger partial charge in [0.25, 0.3) is 0 Å². The molecule has 0 aliphatic carbocycles. The van der Waals surface area contributed by atoms with Crippen LogP contribution in [0.3, 0.4) is 0 Å². The van der Waals surface area contributed by atoms with Gasteiger partial charge in [0.05, 0.1) is 6.20 Å². The highest BCUT2D eigenvalue weighted by Gasteiger charge is 1.92. The van der Waals surface area contributed by atoms with Gasteiger partial charge in [-0.3, -0.25) is 9.97 Å². The summed E-state index contributed by atoms with van der Waals surface area (Å²) < 4.78 is 0. The number of aryl methyl sites for hydroxylation is 1. The van der Waals surface area contributed by atoms with Gasteiger partial charge in [-0.05, 0) is 24.6 Å². The van der Waals surface area contributed by atoms with E-state index >= 15 is 0 Å². The molecule has 0 aliphatic rings. The molecule has 2 heterocycles. The van der Waals surface area contributed by atoms with Gasteiger partial charge in [-0.15, -0.1) is 0 Å². The number of nitrogens with zero attached hydrogens (tertiary/aromatic N) is 2. The largest absolute Gasteiger partial charge is 0.506 e. The first-order valence-corrected chi connectivity index (χ1v) is 5.39. The average molecular weight is 224 g/mol. The molecule has 0 fully saturated rings. The van der Waals surface area contributed by atoms with Crippen molar-refractivity contribution in [2.75, 3.05) is 0 Å².